The van der Waals surface area contributed by atoms with Gasteiger partial charge in [0, 0.05) is 16.3 Å². The van der Waals surface area contributed by atoms with E-state index in [1.54, 1.807) is 23.9 Å². The molecule has 0 aromatic heterocycles. The molecular formula is C11H15BrClNO2S2. The molecular weight excluding hydrogens is 358 g/mol. The van der Waals surface area contributed by atoms with E-state index in [4.69, 9.17) is 11.6 Å². The maximum absolute atomic E-state index is 12.2. The van der Waals surface area contributed by atoms with Gasteiger partial charge >= 0.3 is 0 Å². The van der Waals surface area contributed by atoms with Crippen molar-refractivity contribution in [3.8, 4) is 0 Å². The van der Waals surface area contributed by atoms with Crippen molar-refractivity contribution in [3.05, 3.63) is 27.7 Å². The molecule has 0 aliphatic rings. The molecule has 0 saturated carbocycles. The number of halogens is 2. The number of hydrogen-bond donors (Lipinski definition) is 1. The van der Waals surface area contributed by atoms with Gasteiger partial charge in [-0.3, -0.25) is 0 Å². The highest BCUT2D eigenvalue weighted by Gasteiger charge is 2.21. The molecule has 1 aromatic carbocycles. The van der Waals surface area contributed by atoms with Gasteiger partial charge in [0.1, 0.15) is 4.90 Å². The van der Waals surface area contributed by atoms with Crippen LogP contribution in [0.15, 0.2) is 27.6 Å². The molecule has 0 aliphatic heterocycles. The monoisotopic (exact) mass is 371 g/mol. The van der Waals surface area contributed by atoms with Crippen molar-refractivity contribution in [3.63, 3.8) is 0 Å². The van der Waals surface area contributed by atoms with E-state index in [0.717, 1.165) is 16.6 Å². The predicted molar refractivity (Wildman–Crippen MR) is 81.9 cm³/mol. The van der Waals surface area contributed by atoms with Crippen molar-refractivity contribution < 1.29 is 8.42 Å². The number of thioether (sulfide) groups is 1. The van der Waals surface area contributed by atoms with Crippen molar-refractivity contribution >= 4 is 49.3 Å². The predicted octanol–water partition coefficient (Wildman–Crippen LogP) is 3.52. The number of benzene rings is 1. The fraction of sp³-hybridized carbons (Fsp3) is 0.455. The average Bonchev–Trinajstić information content (AvgIpc) is 2.27. The molecule has 0 amide bonds. The zero-order valence-corrected chi connectivity index (χ0v) is 14.1. The van der Waals surface area contributed by atoms with Gasteiger partial charge in [-0.25, -0.2) is 13.1 Å². The van der Waals surface area contributed by atoms with Gasteiger partial charge in [0.2, 0.25) is 10.0 Å². The molecule has 0 fully saturated rings. The van der Waals surface area contributed by atoms with Crippen LogP contribution in [-0.4, -0.2) is 26.5 Å². The summed E-state index contributed by atoms with van der Waals surface area (Å²) in [6, 6.07) is 4.66. The van der Waals surface area contributed by atoms with Gasteiger partial charge in [0.25, 0.3) is 0 Å². The van der Waals surface area contributed by atoms with Crippen LogP contribution in [-0.2, 0) is 10.0 Å². The highest BCUT2D eigenvalue weighted by atomic mass is 79.9. The summed E-state index contributed by atoms with van der Waals surface area (Å²) >= 11 is 10.8. The molecule has 1 rings (SSSR count). The van der Waals surface area contributed by atoms with Gasteiger partial charge in [-0.15, -0.1) is 0 Å². The fourth-order valence-corrected chi connectivity index (χ4v) is 4.60. The van der Waals surface area contributed by atoms with E-state index in [-0.39, 0.29) is 16.0 Å². The zero-order valence-electron chi connectivity index (χ0n) is 10.1. The SMILES string of the molecule is CCC(CSC)NS(=O)(=O)c1ccc(Br)cc1Cl. The van der Waals surface area contributed by atoms with Gasteiger partial charge in [-0.1, -0.05) is 34.5 Å². The number of sulfonamides is 1. The second-order valence-corrected chi connectivity index (χ2v) is 7.67. The van der Waals surface area contributed by atoms with Gasteiger partial charge in [0.15, 0.2) is 0 Å². The highest BCUT2D eigenvalue weighted by Crippen LogP contribution is 2.25. The summed E-state index contributed by atoms with van der Waals surface area (Å²) in [6.07, 6.45) is 2.69. The normalized spacial score (nSPS) is 13.6. The summed E-state index contributed by atoms with van der Waals surface area (Å²) in [6.45, 7) is 1.95. The molecule has 1 unspecified atom stereocenters. The van der Waals surface area contributed by atoms with Crippen LogP contribution in [0, 0.1) is 0 Å². The lowest BCUT2D eigenvalue weighted by Crippen LogP contribution is -2.36. The van der Waals surface area contributed by atoms with Crippen molar-refractivity contribution in [2.24, 2.45) is 0 Å². The summed E-state index contributed by atoms with van der Waals surface area (Å²) in [5.41, 5.74) is 0. The van der Waals surface area contributed by atoms with Crippen LogP contribution >= 0.6 is 39.3 Å². The quantitative estimate of drug-likeness (QED) is 0.831. The van der Waals surface area contributed by atoms with Gasteiger partial charge < -0.3 is 0 Å². The Morgan fingerprint density at radius 1 is 1.50 bits per heavy atom. The van der Waals surface area contributed by atoms with E-state index in [0.29, 0.717) is 0 Å². The third-order valence-corrected chi connectivity index (χ3v) is 5.60. The zero-order chi connectivity index (χ0) is 13.8. The minimum atomic E-state index is -3.56. The van der Waals surface area contributed by atoms with E-state index in [2.05, 4.69) is 20.7 Å². The highest BCUT2D eigenvalue weighted by molar-refractivity contribution is 9.10. The largest absolute Gasteiger partial charge is 0.242 e. The second kappa shape index (κ2) is 7.14. The number of nitrogens with one attached hydrogen (secondary N) is 1. The Hall–Kier alpha value is 0.250. The molecule has 3 nitrogen and oxygen atoms in total. The van der Waals surface area contributed by atoms with E-state index in [9.17, 15) is 8.42 Å². The van der Waals surface area contributed by atoms with Crippen molar-refractivity contribution in [2.75, 3.05) is 12.0 Å². The number of hydrogen-bond acceptors (Lipinski definition) is 3. The first kappa shape index (κ1) is 16.3. The number of rotatable bonds is 6. The van der Waals surface area contributed by atoms with Crippen molar-refractivity contribution in [1.29, 1.82) is 0 Å². The molecule has 1 atom stereocenters. The van der Waals surface area contributed by atoms with Crippen molar-refractivity contribution in [2.45, 2.75) is 24.3 Å². The van der Waals surface area contributed by atoms with Crippen LogP contribution in [0.25, 0.3) is 0 Å². The molecule has 18 heavy (non-hydrogen) atoms. The molecule has 0 radical (unpaired) electrons. The lowest BCUT2D eigenvalue weighted by molar-refractivity contribution is 0.558. The molecule has 102 valence electrons. The lowest BCUT2D eigenvalue weighted by Gasteiger charge is -2.16. The van der Waals surface area contributed by atoms with Crippen LogP contribution in [0.2, 0.25) is 5.02 Å². The smallest absolute Gasteiger partial charge is 0.207 e. The maximum Gasteiger partial charge on any atom is 0.242 e. The molecule has 0 saturated heterocycles. The Kier molecular flexibility index (Phi) is 6.47. The Labute approximate surface area is 126 Å². The minimum Gasteiger partial charge on any atom is -0.207 e. The summed E-state index contributed by atoms with van der Waals surface area (Å²) < 4.78 is 27.8. The lowest BCUT2D eigenvalue weighted by atomic mass is 10.3. The fourth-order valence-electron chi connectivity index (χ4n) is 1.41. The topological polar surface area (TPSA) is 46.2 Å². The summed E-state index contributed by atoms with van der Waals surface area (Å²) in [4.78, 5) is 0.118. The Bertz CT molecular complexity index is 508. The first-order valence-electron chi connectivity index (χ1n) is 5.37. The van der Waals surface area contributed by atoms with Crippen LogP contribution < -0.4 is 4.72 Å². The van der Waals surface area contributed by atoms with Gasteiger partial charge in [-0.2, -0.15) is 11.8 Å². The van der Waals surface area contributed by atoms with Crippen molar-refractivity contribution in [1.82, 2.24) is 4.72 Å². The summed E-state index contributed by atoms with van der Waals surface area (Å²) in [5.74, 6) is 0.740. The van der Waals surface area contributed by atoms with E-state index in [1.165, 1.54) is 6.07 Å². The van der Waals surface area contributed by atoms with E-state index < -0.39 is 10.0 Å². The molecule has 0 bridgehead atoms. The Balaban J connectivity index is 2.99. The second-order valence-electron chi connectivity index (χ2n) is 3.76. The standard InChI is InChI=1S/C11H15BrClNO2S2/c1-3-9(7-17-2)14-18(15,16)11-5-4-8(12)6-10(11)13/h4-6,9,14H,3,7H2,1-2H3. The van der Waals surface area contributed by atoms with Crippen LogP contribution in [0.4, 0.5) is 0 Å². The van der Waals surface area contributed by atoms with Gasteiger partial charge in [0.05, 0.1) is 5.02 Å². The Morgan fingerprint density at radius 2 is 2.17 bits per heavy atom. The maximum atomic E-state index is 12.2. The first-order chi connectivity index (χ1) is 8.40. The Morgan fingerprint density at radius 3 is 2.67 bits per heavy atom. The van der Waals surface area contributed by atoms with Crippen LogP contribution in [0.1, 0.15) is 13.3 Å². The molecule has 0 aliphatic carbocycles. The third kappa shape index (κ3) is 4.42. The van der Waals surface area contributed by atoms with Crippen LogP contribution in [0.3, 0.4) is 0 Å². The molecule has 1 N–H and O–H groups in total. The summed E-state index contributed by atoms with van der Waals surface area (Å²) in [5, 5.41) is 0.218. The van der Waals surface area contributed by atoms with E-state index in [1.807, 2.05) is 13.2 Å². The summed E-state index contributed by atoms with van der Waals surface area (Å²) in [7, 11) is -3.56. The van der Waals surface area contributed by atoms with E-state index >= 15 is 0 Å². The molecule has 0 heterocycles. The minimum absolute atomic E-state index is 0.0790. The van der Waals surface area contributed by atoms with Crippen LogP contribution in [0.5, 0.6) is 0 Å². The third-order valence-electron chi connectivity index (χ3n) is 2.37. The van der Waals surface area contributed by atoms with Gasteiger partial charge in [-0.05, 0) is 30.9 Å². The average molecular weight is 373 g/mol. The molecule has 1 aromatic rings. The first-order valence-corrected chi connectivity index (χ1v) is 9.41. The molecule has 0 spiro atoms. The molecule has 7 heteroatoms.